The third-order valence-electron chi connectivity index (χ3n) is 4.96. The first-order chi connectivity index (χ1) is 15.1. The molecule has 0 bridgehead atoms. The first-order valence-electron chi connectivity index (χ1n) is 9.91. The molecule has 0 unspecified atom stereocenters. The molecule has 1 heterocycles. The van der Waals surface area contributed by atoms with Gasteiger partial charge in [0.05, 0.1) is 0 Å². The van der Waals surface area contributed by atoms with Crippen molar-refractivity contribution in [3.8, 4) is 16.9 Å². The maximum absolute atomic E-state index is 13.4. The minimum Gasteiger partial charge on any atom is -0.483 e. The van der Waals surface area contributed by atoms with Gasteiger partial charge in [-0.2, -0.15) is 0 Å². The average molecular weight is 415 g/mol. The summed E-state index contributed by atoms with van der Waals surface area (Å²) in [6.07, 6.45) is 3.45. The van der Waals surface area contributed by atoms with Gasteiger partial charge in [-0.15, -0.1) is 0 Å². The number of hydrogen-bond donors (Lipinski definition) is 1. The SMILES string of the molecule is Cn1ccnc1[C@H](NC(=O)COc1ccccc1-c1ccccc1)c1ccc(F)cc1. The molecule has 0 saturated carbocycles. The lowest BCUT2D eigenvalue weighted by molar-refractivity contribution is -0.123. The van der Waals surface area contributed by atoms with Crippen LogP contribution in [0.2, 0.25) is 0 Å². The number of rotatable bonds is 7. The van der Waals surface area contributed by atoms with Crippen LogP contribution in [0.25, 0.3) is 11.1 Å². The molecule has 31 heavy (non-hydrogen) atoms. The topological polar surface area (TPSA) is 56.2 Å². The number of amides is 1. The monoisotopic (exact) mass is 415 g/mol. The molecule has 0 aliphatic heterocycles. The lowest BCUT2D eigenvalue weighted by atomic mass is 10.0. The van der Waals surface area contributed by atoms with Crippen LogP contribution in [0.3, 0.4) is 0 Å². The summed E-state index contributed by atoms with van der Waals surface area (Å²) in [6, 6.07) is 22.9. The van der Waals surface area contributed by atoms with E-state index in [0.29, 0.717) is 11.6 Å². The van der Waals surface area contributed by atoms with Gasteiger partial charge in [0.25, 0.3) is 5.91 Å². The van der Waals surface area contributed by atoms with E-state index in [-0.39, 0.29) is 18.3 Å². The number of hydrogen-bond acceptors (Lipinski definition) is 3. The van der Waals surface area contributed by atoms with Crippen LogP contribution < -0.4 is 10.1 Å². The van der Waals surface area contributed by atoms with Gasteiger partial charge in [-0.1, -0.05) is 60.7 Å². The van der Waals surface area contributed by atoms with Gasteiger partial charge in [-0.3, -0.25) is 4.79 Å². The zero-order chi connectivity index (χ0) is 21.6. The molecule has 0 fully saturated rings. The van der Waals surface area contributed by atoms with E-state index < -0.39 is 6.04 Å². The maximum atomic E-state index is 13.4. The number of benzene rings is 3. The van der Waals surface area contributed by atoms with Crippen LogP contribution in [-0.2, 0) is 11.8 Å². The van der Waals surface area contributed by atoms with E-state index >= 15 is 0 Å². The van der Waals surface area contributed by atoms with Crippen molar-refractivity contribution < 1.29 is 13.9 Å². The summed E-state index contributed by atoms with van der Waals surface area (Å²) in [5.41, 5.74) is 2.65. The van der Waals surface area contributed by atoms with Crippen LogP contribution in [0.1, 0.15) is 17.4 Å². The fourth-order valence-corrected chi connectivity index (χ4v) is 3.40. The fraction of sp³-hybridized carbons (Fsp3) is 0.120. The molecular formula is C25H22FN3O2. The van der Waals surface area contributed by atoms with Gasteiger partial charge < -0.3 is 14.6 Å². The summed E-state index contributed by atoms with van der Waals surface area (Å²) in [7, 11) is 1.84. The molecule has 1 aromatic heterocycles. The Hall–Kier alpha value is -3.93. The van der Waals surface area contributed by atoms with Crippen LogP contribution >= 0.6 is 0 Å². The van der Waals surface area contributed by atoms with Crippen molar-refractivity contribution in [3.05, 3.63) is 108 Å². The molecule has 1 N–H and O–H groups in total. The number of ether oxygens (including phenoxy) is 1. The third-order valence-corrected chi connectivity index (χ3v) is 4.96. The number of carbonyl (C=O) groups excluding carboxylic acids is 1. The van der Waals surface area contributed by atoms with Gasteiger partial charge in [0.2, 0.25) is 0 Å². The van der Waals surface area contributed by atoms with Crippen LogP contribution in [0, 0.1) is 5.82 Å². The second kappa shape index (κ2) is 9.26. The Balaban J connectivity index is 1.51. The van der Waals surface area contributed by atoms with E-state index in [4.69, 9.17) is 4.74 Å². The van der Waals surface area contributed by atoms with E-state index in [1.165, 1.54) is 12.1 Å². The Bertz CT molecular complexity index is 1160. The quantitative estimate of drug-likeness (QED) is 0.483. The highest BCUT2D eigenvalue weighted by molar-refractivity contribution is 5.79. The standard InChI is InChI=1S/C25H22FN3O2/c1-29-16-15-27-25(29)24(19-11-13-20(26)14-12-19)28-23(30)17-31-22-10-6-5-9-21(22)18-7-3-2-4-8-18/h2-16,24H,17H2,1H3,(H,28,30)/t24-/m1/s1. The van der Waals surface area contributed by atoms with E-state index in [2.05, 4.69) is 10.3 Å². The summed E-state index contributed by atoms with van der Waals surface area (Å²) in [5, 5.41) is 2.96. The molecule has 1 amide bonds. The van der Waals surface area contributed by atoms with E-state index in [0.717, 1.165) is 16.7 Å². The highest BCUT2D eigenvalue weighted by Gasteiger charge is 2.21. The minimum atomic E-state index is -0.527. The Morgan fingerprint density at radius 3 is 2.45 bits per heavy atom. The van der Waals surface area contributed by atoms with E-state index in [9.17, 15) is 9.18 Å². The predicted octanol–water partition coefficient (Wildman–Crippen LogP) is 4.51. The van der Waals surface area contributed by atoms with Crippen molar-refractivity contribution in [3.63, 3.8) is 0 Å². The van der Waals surface area contributed by atoms with Crippen molar-refractivity contribution in [2.75, 3.05) is 6.61 Å². The summed E-state index contributed by atoms with van der Waals surface area (Å²) in [4.78, 5) is 17.1. The molecule has 3 aromatic carbocycles. The fourth-order valence-electron chi connectivity index (χ4n) is 3.40. The zero-order valence-electron chi connectivity index (χ0n) is 17.0. The Kier molecular flexibility index (Phi) is 6.08. The highest BCUT2D eigenvalue weighted by Crippen LogP contribution is 2.29. The maximum Gasteiger partial charge on any atom is 0.258 e. The van der Waals surface area contributed by atoms with Crippen LogP contribution in [0.15, 0.2) is 91.3 Å². The van der Waals surface area contributed by atoms with Gasteiger partial charge in [-0.25, -0.2) is 9.37 Å². The van der Waals surface area contributed by atoms with Crippen LogP contribution in [-0.4, -0.2) is 22.1 Å². The zero-order valence-corrected chi connectivity index (χ0v) is 17.0. The number of imidazole rings is 1. The van der Waals surface area contributed by atoms with E-state index in [1.807, 2.05) is 66.2 Å². The van der Waals surface area contributed by atoms with Crippen molar-refractivity contribution in [2.45, 2.75) is 6.04 Å². The normalized spacial score (nSPS) is 11.7. The molecular weight excluding hydrogens is 393 g/mol. The number of nitrogens with zero attached hydrogens (tertiary/aromatic N) is 2. The predicted molar refractivity (Wildman–Crippen MR) is 117 cm³/mol. The molecule has 1 atom stereocenters. The molecule has 4 aromatic rings. The lowest BCUT2D eigenvalue weighted by Crippen LogP contribution is -2.34. The molecule has 4 rings (SSSR count). The molecule has 0 saturated heterocycles. The summed E-state index contributed by atoms with van der Waals surface area (Å²) in [6.45, 7) is -0.161. The first kappa shape index (κ1) is 20.3. The van der Waals surface area contributed by atoms with Gasteiger partial charge in [0, 0.05) is 25.0 Å². The number of aryl methyl sites for hydroxylation is 1. The highest BCUT2D eigenvalue weighted by atomic mass is 19.1. The Morgan fingerprint density at radius 2 is 1.74 bits per heavy atom. The van der Waals surface area contributed by atoms with Crippen molar-refractivity contribution >= 4 is 5.91 Å². The number of aromatic nitrogens is 2. The second-order valence-electron chi connectivity index (χ2n) is 7.10. The molecule has 0 aliphatic carbocycles. The summed E-state index contributed by atoms with van der Waals surface area (Å²) < 4.78 is 21.1. The van der Waals surface area contributed by atoms with Crippen molar-refractivity contribution in [2.24, 2.45) is 7.05 Å². The second-order valence-corrected chi connectivity index (χ2v) is 7.10. The van der Waals surface area contributed by atoms with Gasteiger partial charge in [0.15, 0.2) is 6.61 Å². The number of halogens is 1. The Labute approximate surface area is 180 Å². The molecule has 0 spiro atoms. The Morgan fingerprint density at radius 1 is 1.03 bits per heavy atom. The molecule has 156 valence electrons. The van der Waals surface area contributed by atoms with E-state index in [1.54, 1.807) is 24.5 Å². The minimum absolute atomic E-state index is 0.161. The number of para-hydroxylation sites is 1. The largest absolute Gasteiger partial charge is 0.483 e. The molecule has 0 aliphatic rings. The first-order valence-corrected chi connectivity index (χ1v) is 9.91. The van der Waals surface area contributed by atoms with Gasteiger partial charge in [0.1, 0.15) is 23.4 Å². The molecule has 5 nitrogen and oxygen atoms in total. The third kappa shape index (κ3) is 4.80. The lowest BCUT2D eigenvalue weighted by Gasteiger charge is -2.20. The van der Waals surface area contributed by atoms with Gasteiger partial charge in [-0.05, 0) is 29.3 Å². The molecule has 0 radical (unpaired) electrons. The summed E-state index contributed by atoms with van der Waals surface area (Å²) >= 11 is 0. The summed E-state index contributed by atoms with van der Waals surface area (Å²) in [5.74, 6) is 0.624. The van der Waals surface area contributed by atoms with Crippen LogP contribution in [0.4, 0.5) is 4.39 Å². The van der Waals surface area contributed by atoms with Crippen LogP contribution in [0.5, 0.6) is 5.75 Å². The average Bonchev–Trinajstić information content (AvgIpc) is 3.23. The van der Waals surface area contributed by atoms with Crippen molar-refractivity contribution in [1.29, 1.82) is 0 Å². The van der Waals surface area contributed by atoms with Crippen molar-refractivity contribution in [1.82, 2.24) is 14.9 Å². The molecule has 6 heteroatoms. The smallest absolute Gasteiger partial charge is 0.258 e. The number of carbonyl (C=O) groups is 1. The van der Waals surface area contributed by atoms with Gasteiger partial charge >= 0.3 is 0 Å². The number of nitrogens with one attached hydrogen (secondary N) is 1.